The molecular weight excluding hydrogens is 448 g/mol. The van der Waals surface area contributed by atoms with Crippen LogP contribution in [-0.4, -0.2) is 52.0 Å². The van der Waals surface area contributed by atoms with Gasteiger partial charge in [-0.3, -0.25) is 15.1 Å². The van der Waals surface area contributed by atoms with Crippen LogP contribution in [0.15, 0.2) is 55.0 Å². The molecular formula is C25H26N6O4. The molecule has 0 radical (unpaired) electrons. The van der Waals surface area contributed by atoms with E-state index in [0.29, 0.717) is 41.4 Å². The molecule has 0 saturated carbocycles. The van der Waals surface area contributed by atoms with E-state index in [4.69, 9.17) is 9.47 Å². The summed E-state index contributed by atoms with van der Waals surface area (Å²) in [5.41, 5.74) is 2.97. The fraction of sp³-hybridized carbons (Fsp3) is 0.240. The Morgan fingerprint density at radius 2 is 1.86 bits per heavy atom. The second-order valence-corrected chi connectivity index (χ2v) is 8.31. The summed E-state index contributed by atoms with van der Waals surface area (Å²) >= 11 is 0. The van der Waals surface area contributed by atoms with Crippen LogP contribution in [-0.2, 0) is 0 Å². The number of anilines is 2. The molecule has 0 fully saturated rings. The van der Waals surface area contributed by atoms with Crippen molar-refractivity contribution in [1.82, 2.24) is 19.9 Å². The molecule has 2 heterocycles. The number of hydrogen-bond donors (Lipinski definition) is 1. The lowest BCUT2D eigenvalue weighted by Gasteiger charge is -2.14. The summed E-state index contributed by atoms with van der Waals surface area (Å²) in [6, 6.07) is 12.4. The number of rotatable bonds is 9. The summed E-state index contributed by atoms with van der Waals surface area (Å²) in [7, 11) is 3.81. The molecule has 0 atom stereocenters. The molecule has 0 aliphatic heterocycles. The summed E-state index contributed by atoms with van der Waals surface area (Å²) in [6.07, 6.45) is 3.09. The van der Waals surface area contributed by atoms with Crippen LogP contribution < -0.4 is 14.8 Å². The van der Waals surface area contributed by atoms with Gasteiger partial charge in [0, 0.05) is 30.1 Å². The third-order valence-electron chi connectivity index (χ3n) is 5.26. The maximum atomic E-state index is 11.7. The SMILES string of the molecule is Cc1ccc(Oc2ccc(Nc3ncnc4cc(OCCN(C)C)c([N+](=O)[O-])cc34)cc2C)cn1. The lowest BCUT2D eigenvalue weighted by atomic mass is 10.1. The van der Waals surface area contributed by atoms with E-state index in [9.17, 15) is 10.1 Å². The number of aromatic nitrogens is 3. The van der Waals surface area contributed by atoms with E-state index < -0.39 is 4.92 Å². The number of likely N-dealkylation sites (N-methyl/N-ethyl adjacent to an activating group) is 1. The van der Waals surface area contributed by atoms with Crippen molar-refractivity contribution in [2.24, 2.45) is 0 Å². The van der Waals surface area contributed by atoms with Gasteiger partial charge in [-0.25, -0.2) is 9.97 Å². The van der Waals surface area contributed by atoms with Crippen molar-refractivity contribution in [1.29, 1.82) is 0 Å². The van der Waals surface area contributed by atoms with Gasteiger partial charge in [0.1, 0.15) is 30.3 Å². The van der Waals surface area contributed by atoms with E-state index in [0.717, 1.165) is 16.9 Å². The lowest BCUT2D eigenvalue weighted by molar-refractivity contribution is -0.385. The monoisotopic (exact) mass is 474 g/mol. The maximum Gasteiger partial charge on any atom is 0.311 e. The second-order valence-electron chi connectivity index (χ2n) is 8.31. The predicted molar refractivity (Wildman–Crippen MR) is 134 cm³/mol. The van der Waals surface area contributed by atoms with Crippen molar-refractivity contribution < 1.29 is 14.4 Å². The van der Waals surface area contributed by atoms with Gasteiger partial charge in [0.05, 0.1) is 22.0 Å². The topological polar surface area (TPSA) is 116 Å². The Labute approximate surface area is 202 Å². The van der Waals surface area contributed by atoms with Crippen molar-refractivity contribution in [2.45, 2.75) is 13.8 Å². The van der Waals surface area contributed by atoms with Crippen LogP contribution in [0.4, 0.5) is 17.2 Å². The Bertz CT molecular complexity index is 1360. The quantitative estimate of drug-likeness (QED) is 0.263. The van der Waals surface area contributed by atoms with Gasteiger partial charge in [-0.1, -0.05) is 0 Å². The van der Waals surface area contributed by atoms with Crippen LogP contribution in [0.2, 0.25) is 0 Å². The standard InChI is InChI=1S/C25H26N6O4/c1-16-11-18(6-8-23(16)35-19-7-5-17(2)26-14-19)29-25-20-12-22(31(32)33)24(34-10-9-30(3)4)13-21(20)27-15-28-25/h5-8,11-15H,9-10H2,1-4H3,(H,27,28,29). The molecule has 0 saturated heterocycles. The molecule has 1 N–H and O–H groups in total. The van der Waals surface area contributed by atoms with Crippen LogP contribution in [0.1, 0.15) is 11.3 Å². The molecule has 10 heteroatoms. The average molecular weight is 475 g/mol. The summed E-state index contributed by atoms with van der Waals surface area (Å²) < 4.78 is 11.6. The molecule has 180 valence electrons. The Hall–Kier alpha value is -4.31. The van der Waals surface area contributed by atoms with Gasteiger partial charge < -0.3 is 19.7 Å². The number of hydrogen-bond acceptors (Lipinski definition) is 9. The number of nitrogens with one attached hydrogen (secondary N) is 1. The van der Waals surface area contributed by atoms with Crippen LogP contribution >= 0.6 is 0 Å². The highest BCUT2D eigenvalue weighted by atomic mass is 16.6. The van der Waals surface area contributed by atoms with Gasteiger partial charge in [0.15, 0.2) is 5.75 Å². The molecule has 4 aromatic rings. The first kappa shape index (κ1) is 23.8. The van der Waals surface area contributed by atoms with Gasteiger partial charge in [0.25, 0.3) is 0 Å². The lowest BCUT2D eigenvalue weighted by Crippen LogP contribution is -2.19. The normalized spacial score (nSPS) is 11.0. The highest BCUT2D eigenvalue weighted by Gasteiger charge is 2.19. The number of aryl methyl sites for hydroxylation is 2. The van der Waals surface area contributed by atoms with Crippen LogP contribution in [0.25, 0.3) is 10.9 Å². The fourth-order valence-electron chi connectivity index (χ4n) is 3.39. The van der Waals surface area contributed by atoms with Crippen LogP contribution in [0.5, 0.6) is 17.2 Å². The van der Waals surface area contributed by atoms with Gasteiger partial charge in [-0.15, -0.1) is 0 Å². The van der Waals surface area contributed by atoms with E-state index >= 15 is 0 Å². The molecule has 0 unspecified atom stereocenters. The largest absolute Gasteiger partial charge is 0.485 e. The van der Waals surface area contributed by atoms with Crippen molar-refractivity contribution in [2.75, 3.05) is 32.6 Å². The zero-order valence-electron chi connectivity index (χ0n) is 20.0. The molecule has 2 aromatic carbocycles. The molecule has 0 aliphatic rings. The number of benzene rings is 2. The molecule has 0 aliphatic carbocycles. The molecule has 0 spiro atoms. The van der Waals surface area contributed by atoms with Gasteiger partial charge >= 0.3 is 5.69 Å². The Morgan fingerprint density at radius 3 is 2.54 bits per heavy atom. The first-order valence-corrected chi connectivity index (χ1v) is 11.0. The fourth-order valence-corrected chi connectivity index (χ4v) is 3.39. The summed E-state index contributed by atoms with van der Waals surface area (Å²) in [5.74, 6) is 1.98. The van der Waals surface area contributed by atoms with E-state index in [1.165, 1.54) is 12.4 Å². The molecule has 0 bridgehead atoms. The van der Waals surface area contributed by atoms with E-state index in [1.807, 2.05) is 63.2 Å². The van der Waals surface area contributed by atoms with E-state index in [1.54, 1.807) is 12.3 Å². The van der Waals surface area contributed by atoms with E-state index in [-0.39, 0.29) is 11.4 Å². The average Bonchev–Trinajstić information content (AvgIpc) is 2.81. The van der Waals surface area contributed by atoms with Gasteiger partial charge in [-0.2, -0.15) is 0 Å². The van der Waals surface area contributed by atoms with Crippen molar-refractivity contribution >= 4 is 28.1 Å². The van der Waals surface area contributed by atoms with Crippen LogP contribution in [0.3, 0.4) is 0 Å². The number of nitro groups is 1. The number of nitro benzene ring substituents is 1. The van der Waals surface area contributed by atoms with Crippen molar-refractivity contribution in [3.05, 3.63) is 76.4 Å². The third-order valence-corrected chi connectivity index (χ3v) is 5.26. The minimum atomic E-state index is -0.461. The molecule has 0 amide bonds. The van der Waals surface area contributed by atoms with Gasteiger partial charge in [-0.05, 0) is 63.8 Å². The molecule has 35 heavy (non-hydrogen) atoms. The summed E-state index contributed by atoms with van der Waals surface area (Å²) in [4.78, 5) is 26.0. The number of fused-ring (bicyclic) bond motifs is 1. The first-order valence-electron chi connectivity index (χ1n) is 11.0. The van der Waals surface area contributed by atoms with E-state index in [2.05, 4.69) is 20.3 Å². The smallest absolute Gasteiger partial charge is 0.311 e. The number of ether oxygens (including phenoxy) is 2. The molecule has 2 aromatic heterocycles. The zero-order chi connectivity index (χ0) is 24.9. The second kappa shape index (κ2) is 10.3. The maximum absolute atomic E-state index is 11.7. The van der Waals surface area contributed by atoms with Crippen molar-refractivity contribution in [3.8, 4) is 17.2 Å². The number of nitrogens with zero attached hydrogens (tertiary/aromatic N) is 5. The zero-order valence-corrected chi connectivity index (χ0v) is 20.0. The van der Waals surface area contributed by atoms with Gasteiger partial charge in [0.2, 0.25) is 0 Å². The Kier molecular flexibility index (Phi) is 7.02. The molecule has 4 rings (SSSR count). The minimum absolute atomic E-state index is 0.138. The Balaban J connectivity index is 1.60. The highest BCUT2D eigenvalue weighted by Crippen LogP contribution is 2.35. The molecule has 10 nitrogen and oxygen atoms in total. The summed E-state index contributed by atoms with van der Waals surface area (Å²) in [6.45, 7) is 4.80. The first-order chi connectivity index (χ1) is 16.8. The minimum Gasteiger partial charge on any atom is -0.485 e. The van der Waals surface area contributed by atoms with Crippen LogP contribution in [0, 0.1) is 24.0 Å². The number of pyridine rings is 1. The Morgan fingerprint density at radius 1 is 1.03 bits per heavy atom. The third kappa shape index (κ3) is 5.79. The predicted octanol–water partition coefficient (Wildman–Crippen LogP) is 5.03. The highest BCUT2D eigenvalue weighted by molar-refractivity contribution is 5.93. The summed E-state index contributed by atoms with van der Waals surface area (Å²) in [5, 5.41) is 15.5. The van der Waals surface area contributed by atoms with Crippen molar-refractivity contribution in [3.63, 3.8) is 0 Å².